The van der Waals surface area contributed by atoms with Crippen molar-refractivity contribution in [2.45, 2.75) is 6.92 Å². The highest BCUT2D eigenvalue weighted by molar-refractivity contribution is 9.10. The number of aromatic nitrogens is 3. The molecule has 2 heterocycles. The minimum absolute atomic E-state index is 0.464. The second-order valence-electron chi connectivity index (χ2n) is 6.02. The SMILES string of the molecule is CN=C(C)C=CC(=CNO)CNc1cc(-c2ccccc2)nc2c(Br)cnn12. The Labute approximate surface area is 171 Å². The summed E-state index contributed by atoms with van der Waals surface area (Å²) < 4.78 is 2.55. The number of rotatable bonds is 7. The van der Waals surface area contributed by atoms with Crippen molar-refractivity contribution in [3.05, 3.63) is 71.0 Å². The van der Waals surface area contributed by atoms with Crippen LogP contribution in [0.1, 0.15) is 6.92 Å². The first kappa shape index (κ1) is 19.8. The van der Waals surface area contributed by atoms with E-state index in [4.69, 9.17) is 10.2 Å². The van der Waals surface area contributed by atoms with Crippen LogP contribution in [-0.4, -0.2) is 39.1 Å². The van der Waals surface area contributed by atoms with Crippen LogP contribution in [0.2, 0.25) is 0 Å². The number of nitrogens with one attached hydrogen (secondary N) is 2. The molecule has 7 nitrogen and oxygen atoms in total. The Morgan fingerprint density at radius 1 is 1.29 bits per heavy atom. The third-order valence-electron chi connectivity index (χ3n) is 4.11. The first-order valence-corrected chi connectivity index (χ1v) is 9.45. The molecule has 0 aliphatic rings. The number of fused-ring (bicyclic) bond motifs is 1. The molecule has 0 aliphatic carbocycles. The van der Waals surface area contributed by atoms with Gasteiger partial charge in [-0.3, -0.25) is 15.7 Å². The zero-order valence-electron chi connectivity index (χ0n) is 15.6. The Hall–Kier alpha value is -2.97. The number of hydrogen-bond donors (Lipinski definition) is 3. The largest absolute Gasteiger partial charge is 0.366 e. The van der Waals surface area contributed by atoms with E-state index < -0.39 is 0 Å². The van der Waals surface area contributed by atoms with Gasteiger partial charge in [-0.2, -0.15) is 9.61 Å². The van der Waals surface area contributed by atoms with Crippen LogP contribution < -0.4 is 10.8 Å². The molecule has 0 fully saturated rings. The minimum atomic E-state index is 0.464. The lowest BCUT2D eigenvalue weighted by Gasteiger charge is -2.11. The number of anilines is 1. The molecule has 1 aromatic carbocycles. The molecule has 0 bridgehead atoms. The second-order valence-corrected chi connectivity index (χ2v) is 6.88. The van der Waals surface area contributed by atoms with E-state index in [0.717, 1.165) is 38.5 Å². The van der Waals surface area contributed by atoms with E-state index in [9.17, 15) is 0 Å². The lowest BCUT2D eigenvalue weighted by atomic mass is 10.1. The second kappa shape index (κ2) is 9.29. The normalized spacial score (nSPS) is 12.7. The highest BCUT2D eigenvalue weighted by Crippen LogP contribution is 2.25. The Morgan fingerprint density at radius 2 is 2.07 bits per heavy atom. The van der Waals surface area contributed by atoms with Gasteiger partial charge >= 0.3 is 0 Å². The van der Waals surface area contributed by atoms with E-state index >= 15 is 0 Å². The van der Waals surface area contributed by atoms with Gasteiger partial charge in [0.25, 0.3) is 0 Å². The van der Waals surface area contributed by atoms with Gasteiger partial charge in [0.1, 0.15) is 5.82 Å². The molecule has 0 spiro atoms. The zero-order chi connectivity index (χ0) is 19.9. The molecule has 8 heteroatoms. The predicted molar refractivity (Wildman–Crippen MR) is 116 cm³/mol. The summed E-state index contributed by atoms with van der Waals surface area (Å²) in [4.78, 5) is 8.82. The average molecular weight is 441 g/mol. The van der Waals surface area contributed by atoms with Crippen molar-refractivity contribution in [2.75, 3.05) is 18.9 Å². The molecule has 0 saturated heterocycles. The summed E-state index contributed by atoms with van der Waals surface area (Å²) in [5.74, 6) is 0.785. The van der Waals surface area contributed by atoms with E-state index in [1.54, 1.807) is 17.8 Å². The lowest BCUT2D eigenvalue weighted by molar-refractivity contribution is 0.213. The van der Waals surface area contributed by atoms with Gasteiger partial charge < -0.3 is 5.32 Å². The molecule has 0 aliphatic heterocycles. The van der Waals surface area contributed by atoms with Crippen molar-refractivity contribution in [3.63, 3.8) is 0 Å². The average Bonchev–Trinajstić information content (AvgIpc) is 3.11. The summed E-state index contributed by atoms with van der Waals surface area (Å²) in [6.07, 6.45) is 7.00. The van der Waals surface area contributed by atoms with Crippen molar-refractivity contribution >= 4 is 33.1 Å². The van der Waals surface area contributed by atoms with E-state index in [1.165, 1.54) is 6.20 Å². The molecular weight excluding hydrogens is 420 g/mol. The molecule has 2 aromatic heterocycles. The van der Waals surface area contributed by atoms with Crippen molar-refractivity contribution in [1.82, 2.24) is 20.1 Å². The number of nitrogens with zero attached hydrogens (tertiary/aromatic N) is 4. The number of benzene rings is 1. The fraction of sp³-hybridized carbons (Fsp3) is 0.150. The first-order valence-electron chi connectivity index (χ1n) is 8.66. The molecule has 28 heavy (non-hydrogen) atoms. The van der Waals surface area contributed by atoms with Gasteiger partial charge in [-0.1, -0.05) is 36.4 Å². The molecular formula is C20H21BrN6O. The van der Waals surface area contributed by atoms with Gasteiger partial charge in [-0.25, -0.2) is 4.98 Å². The van der Waals surface area contributed by atoms with Crippen molar-refractivity contribution in [3.8, 4) is 11.3 Å². The van der Waals surface area contributed by atoms with Crippen molar-refractivity contribution in [1.29, 1.82) is 0 Å². The summed E-state index contributed by atoms with van der Waals surface area (Å²) in [6, 6.07) is 11.9. The smallest absolute Gasteiger partial charge is 0.172 e. The van der Waals surface area contributed by atoms with Crippen LogP contribution in [-0.2, 0) is 0 Å². The quantitative estimate of drug-likeness (QED) is 0.292. The molecule has 0 unspecified atom stereocenters. The molecule has 144 valence electrons. The van der Waals surface area contributed by atoms with Gasteiger partial charge in [-0.05, 0) is 34.5 Å². The van der Waals surface area contributed by atoms with E-state index in [2.05, 4.69) is 36.8 Å². The van der Waals surface area contributed by atoms with Crippen LogP contribution in [0.5, 0.6) is 0 Å². The maximum Gasteiger partial charge on any atom is 0.172 e. The van der Waals surface area contributed by atoms with Crippen LogP contribution in [0.25, 0.3) is 16.9 Å². The molecule has 0 amide bonds. The number of hydrogen-bond acceptors (Lipinski definition) is 6. The van der Waals surface area contributed by atoms with Gasteiger partial charge in [0.05, 0.1) is 16.4 Å². The first-order chi connectivity index (χ1) is 13.6. The summed E-state index contributed by atoms with van der Waals surface area (Å²) >= 11 is 3.51. The number of hydroxylamine groups is 1. The Kier molecular flexibility index (Phi) is 6.57. The summed E-state index contributed by atoms with van der Waals surface area (Å²) in [5.41, 5.74) is 6.39. The van der Waals surface area contributed by atoms with E-state index in [-0.39, 0.29) is 0 Å². The van der Waals surface area contributed by atoms with Gasteiger partial charge in [0.2, 0.25) is 0 Å². The summed E-state index contributed by atoms with van der Waals surface area (Å²) in [6.45, 7) is 2.37. The molecule has 0 atom stereocenters. The standard InChI is InChI=1S/C20H21BrN6O/c1-14(22-2)8-9-15(12-25-28)11-23-19-10-18(16-6-4-3-5-7-16)26-20-17(21)13-24-27(19)20/h3-10,12-13,23,25,28H,11H2,1-2H3. The Morgan fingerprint density at radius 3 is 2.79 bits per heavy atom. The Balaban J connectivity index is 1.93. The fourth-order valence-corrected chi connectivity index (χ4v) is 2.90. The molecule has 3 N–H and O–H groups in total. The van der Waals surface area contributed by atoms with Crippen molar-refractivity contribution in [2.24, 2.45) is 4.99 Å². The van der Waals surface area contributed by atoms with Crippen LogP contribution in [0.3, 0.4) is 0 Å². The van der Waals surface area contributed by atoms with E-state index in [1.807, 2.05) is 55.5 Å². The van der Waals surface area contributed by atoms with Gasteiger partial charge in [-0.15, -0.1) is 0 Å². The molecule has 0 saturated carbocycles. The minimum Gasteiger partial charge on any atom is -0.366 e. The molecule has 0 radical (unpaired) electrons. The third kappa shape index (κ3) is 4.65. The predicted octanol–water partition coefficient (Wildman–Crippen LogP) is 4.08. The van der Waals surface area contributed by atoms with Gasteiger partial charge in [0.15, 0.2) is 5.65 Å². The van der Waals surface area contributed by atoms with Crippen LogP contribution >= 0.6 is 15.9 Å². The highest BCUT2D eigenvalue weighted by atomic mass is 79.9. The van der Waals surface area contributed by atoms with Gasteiger partial charge in [0, 0.05) is 37.1 Å². The lowest BCUT2D eigenvalue weighted by Crippen LogP contribution is -2.11. The number of halogens is 1. The molecule has 3 aromatic rings. The Bertz CT molecular complexity index is 1040. The fourth-order valence-electron chi connectivity index (χ4n) is 2.55. The third-order valence-corrected chi connectivity index (χ3v) is 4.67. The number of aliphatic imine (C=N–C) groups is 1. The van der Waals surface area contributed by atoms with Crippen LogP contribution in [0.15, 0.2) is 76.0 Å². The maximum absolute atomic E-state index is 9.07. The van der Waals surface area contributed by atoms with Crippen molar-refractivity contribution < 1.29 is 5.21 Å². The van der Waals surface area contributed by atoms with Crippen LogP contribution in [0.4, 0.5) is 5.82 Å². The van der Waals surface area contributed by atoms with Crippen LogP contribution in [0, 0.1) is 0 Å². The summed E-state index contributed by atoms with van der Waals surface area (Å²) in [7, 11) is 1.74. The topological polar surface area (TPSA) is 86.8 Å². The maximum atomic E-state index is 9.07. The highest BCUT2D eigenvalue weighted by Gasteiger charge is 2.11. The number of allylic oxidation sites excluding steroid dienone is 1. The summed E-state index contributed by atoms with van der Waals surface area (Å²) in [5, 5.41) is 16.8. The zero-order valence-corrected chi connectivity index (χ0v) is 17.2. The van der Waals surface area contributed by atoms with E-state index in [0.29, 0.717) is 6.54 Å². The monoisotopic (exact) mass is 440 g/mol. The molecule has 3 rings (SSSR count).